The van der Waals surface area contributed by atoms with Crippen molar-refractivity contribution in [1.29, 1.82) is 0 Å². The van der Waals surface area contributed by atoms with Crippen LogP contribution >= 0.6 is 0 Å². The van der Waals surface area contributed by atoms with Crippen LogP contribution in [0.15, 0.2) is 71.8 Å². The van der Waals surface area contributed by atoms with Crippen LogP contribution in [0, 0.1) is 22.7 Å². The SMILES string of the molecule is CCCC(=O)OCC(=O)O[C@@H](C(=O)O[C@H]1C[C@@H]2C(OC(=O)c3ccccc3)[C@@H]3[C@]4(OC(C)=O)CO[C@@H]4C[C@H](O)[C@@]3(C)C(=O)[C@H](O)C(=C1C)C2(C)C)[C@@H](C)c1ccccc1. The number of carbonyl (C=O) groups is 6. The van der Waals surface area contributed by atoms with Gasteiger partial charge in [-0.25, -0.2) is 14.4 Å². The molecule has 318 valence electrons. The number of fused-ring (bicyclic) bond motifs is 5. The highest BCUT2D eigenvalue weighted by molar-refractivity contribution is 5.94. The lowest BCUT2D eigenvalue weighted by atomic mass is 9.46. The molecule has 1 heterocycles. The van der Waals surface area contributed by atoms with E-state index in [1.54, 1.807) is 95.3 Å². The van der Waals surface area contributed by atoms with Gasteiger partial charge in [0.2, 0.25) is 6.10 Å². The number of Topliss-reactive ketones (excluding diaryl/α,β-unsaturated/α-hetero) is 1. The number of benzene rings is 2. The average molecular weight is 819 g/mol. The third-order valence-corrected chi connectivity index (χ3v) is 13.1. The first-order valence-corrected chi connectivity index (χ1v) is 20.2. The summed E-state index contributed by atoms with van der Waals surface area (Å²) in [5, 5.41) is 24.1. The molecule has 1 unspecified atom stereocenters. The summed E-state index contributed by atoms with van der Waals surface area (Å²) in [6, 6.07) is 17.0. The third kappa shape index (κ3) is 7.94. The van der Waals surface area contributed by atoms with Gasteiger partial charge >= 0.3 is 29.8 Å². The van der Waals surface area contributed by atoms with Crippen LogP contribution in [-0.2, 0) is 52.4 Å². The minimum Gasteiger partial charge on any atom is -0.458 e. The van der Waals surface area contributed by atoms with Crippen LogP contribution in [0.5, 0.6) is 0 Å². The molecule has 0 radical (unpaired) electrons. The Labute approximate surface area is 343 Å². The zero-order chi connectivity index (χ0) is 43.0. The van der Waals surface area contributed by atoms with Gasteiger partial charge in [-0.2, -0.15) is 0 Å². The molecule has 2 aromatic rings. The summed E-state index contributed by atoms with van der Waals surface area (Å²) < 4.78 is 35.5. The summed E-state index contributed by atoms with van der Waals surface area (Å²) in [7, 11) is 0. The maximum atomic E-state index is 15.0. The Balaban J connectivity index is 1.45. The number of hydrogen-bond donors (Lipinski definition) is 2. The first-order chi connectivity index (χ1) is 27.9. The quantitative estimate of drug-likeness (QED) is 0.172. The second kappa shape index (κ2) is 17.0. The van der Waals surface area contributed by atoms with E-state index in [0.29, 0.717) is 17.6 Å². The van der Waals surface area contributed by atoms with Crippen molar-refractivity contribution in [1.82, 2.24) is 0 Å². The maximum absolute atomic E-state index is 15.0. The maximum Gasteiger partial charge on any atom is 0.348 e. The summed E-state index contributed by atoms with van der Waals surface area (Å²) in [4.78, 5) is 81.5. The fourth-order valence-corrected chi connectivity index (χ4v) is 9.94. The second-order valence-electron chi connectivity index (χ2n) is 17.0. The Morgan fingerprint density at radius 3 is 2.15 bits per heavy atom. The molecule has 1 saturated heterocycles. The minimum absolute atomic E-state index is 0.0267. The van der Waals surface area contributed by atoms with Crippen molar-refractivity contribution in [2.45, 2.75) is 122 Å². The molecule has 1 aliphatic heterocycles. The van der Waals surface area contributed by atoms with E-state index in [0.717, 1.165) is 0 Å². The summed E-state index contributed by atoms with van der Waals surface area (Å²) in [5.74, 6) is -7.56. The molecule has 59 heavy (non-hydrogen) atoms. The van der Waals surface area contributed by atoms with Gasteiger partial charge in [0.1, 0.15) is 24.4 Å². The number of aliphatic hydroxyl groups excluding tert-OH is 2. The number of ether oxygens (including phenoxy) is 6. The molecule has 14 nitrogen and oxygen atoms in total. The summed E-state index contributed by atoms with van der Waals surface area (Å²) in [5.41, 5.74) is -3.09. The summed E-state index contributed by atoms with van der Waals surface area (Å²) in [6.07, 6.45) is -7.60. The molecular weight excluding hydrogens is 764 g/mol. The van der Waals surface area contributed by atoms with Crippen molar-refractivity contribution in [3.05, 3.63) is 82.9 Å². The zero-order valence-electron chi connectivity index (χ0n) is 34.5. The molecule has 2 aromatic carbocycles. The molecule has 2 saturated carbocycles. The molecule has 2 N–H and O–H groups in total. The first kappa shape index (κ1) is 43.7. The molecule has 3 aliphatic carbocycles. The smallest absolute Gasteiger partial charge is 0.348 e. The number of rotatable bonds is 12. The highest BCUT2D eigenvalue weighted by Gasteiger charge is 2.75. The lowest BCUT2D eigenvalue weighted by molar-refractivity contribution is -0.335. The molecule has 4 aliphatic rings. The van der Waals surface area contributed by atoms with Gasteiger partial charge in [-0.3, -0.25) is 14.4 Å². The Bertz CT molecular complexity index is 1980. The van der Waals surface area contributed by atoms with E-state index >= 15 is 0 Å². The Morgan fingerprint density at radius 2 is 1.56 bits per heavy atom. The number of ketones is 1. The van der Waals surface area contributed by atoms with Crippen LogP contribution in [0.4, 0.5) is 0 Å². The molecule has 6 rings (SSSR count). The fraction of sp³-hybridized carbons (Fsp3) is 0.556. The monoisotopic (exact) mass is 818 g/mol. The van der Waals surface area contributed by atoms with E-state index in [4.69, 9.17) is 28.4 Å². The largest absolute Gasteiger partial charge is 0.458 e. The zero-order valence-corrected chi connectivity index (χ0v) is 34.5. The van der Waals surface area contributed by atoms with Gasteiger partial charge in [0.15, 0.2) is 18.0 Å². The number of aliphatic hydroxyl groups is 2. The van der Waals surface area contributed by atoms with Gasteiger partial charge in [-0.05, 0) is 60.9 Å². The fourth-order valence-electron chi connectivity index (χ4n) is 9.94. The van der Waals surface area contributed by atoms with Crippen molar-refractivity contribution < 1.29 is 67.4 Å². The van der Waals surface area contributed by atoms with E-state index in [9.17, 15) is 39.0 Å². The molecule has 2 bridgehead atoms. The predicted molar refractivity (Wildman–Crippen MR) is 208 cm³/mol. The van der Waals surface area contributed by atoms with Gasteiger partial charge in [-0.1, -0.05) is 76.2 Å². The van der Waals surface area contributed by atoms with Crippen LogP contribution < -0.4 is 0 Å². The molecule has 0 amide bonds. The lowest BCUT2D eigenvalue weighted by Gasteiger charge is -2.65. The van der Waals surface area contributed by atoms with E-state index in [1.165, 1.54) is 13.8 Å². The highest BCUT2D eigenvalue weighted by Crippen LogP contribution is 2.63. The number of carbonyl (C=O) groups excluding carboxylic acids is 6. The molecule has 3 fully saturated rings. The standard InChI is InChI=1S/C45H54O14/c1-8-15-33(48)54-22-34(49)57-37(24(2)27-16-11-9-12-17-27)42(53)56-30-20-29-38(58-41(52)28-18-13-10-14-19-28)39-44(7,40(51)36(50)35(25(30)3)43(29,5)6)31(47)21-32-45(39,23-55-32)59-26(4)46/h9-14,16-19,24,29-32,36-39,47,50H,8,15,20-23H2,1-7H3/t24-,29+,30-,31-,32+,36+,37+,38?,39-,44+,45-/m0/s1. The second-order valence-corrected chi connectivity index (χ2v) is 17.0. The normalized spacial score (nSPS) is 31.7. The van der Waals surface area contributed by atoms with Crippen molar-refractivity contribution in [2.24, 2.45) is 22.7 Å². The van der Waals surface area contributed by atoms with E-state index in [2.05, 4.69) is 0 Å². The summed E-state index contributed by atoms with van der Waals surface area (Å²) >= 11 is 0. The topological polar surface area (TPSA) is 198 Å². The van der Waals surface area contributed by atoms with Gasteiger partial charge in [0.25, 0.3) is 0 Å². The molecular formula is C45H54O14. The highest BCUT2D eigenvalue weighted by atomic mass is 16.6. The van der Waals surface area contributed by atoms with E-state index in [-0.39, 0.29) is 37.0 Å². The molecule has 11 atom stereocenters. The first-order valence-electron chi connectivity index (χ1n) is 20.2. The minimum atomic E-state index is -1.83. The van der Waals surface area contributed by atoms with Crippen LogP contribution in [0.2, 0.25) is 0 Å². The lowest BCUT2D eigenvalue weighted by Crippen LogP contribution is -2.79. The Kier molecular flexibility index (Phi) is 12.6. The van der Waals surface area contributed by atoms with Gasteiger partial charge in [-0.15, -0.1) is 0 Å². The average Bonchev–Trinajstić information content (AvgIpc) is 3.19. The van der Waals surface area contributed by atoms with Crippen molar-refractivity contribution >= 4 is 35.6 Å². The van der Waals surface area contributed by atoms with Gasteiger partial charge < -0.3 is 38.6 Å². The van der Waals surface area contributed by atoms with Gasteiger partial charge in [0, 0.05) is 31.6 Å². The van der Waals surface area contributed by atoms with Crippen molar-refractivity contribution in [3.63, 3.8) is 0 Å². The Hall–Kier alpha value is -4.92. The van der Waals surface area contributed by atoms with Crippen LogP contribution in [0.3, 0.4) is 0 Å². The molecule has 0 spiro atoms. The Morgan fingerprint density at radius 1 is 0.915 bits per heavy atom. The van der Waals surface area contributed by atoms with Crippen molar-refractivity contribution in [2.75, 3.05) is 13.2 Å². The third-order valence-electron chi connectivity index (χ3n) is 13.1. The molecule has 0 aromatic heterocycles. The predicted octanol–water partition coefficient (Wildman–Crippen LogP) is 4.58. The summed E-state index contributed by atoms with van der Waals surface area (Å²) in [6.45, 7) is 10.5. The van der Waals surface area contributed by atoms with Crippen LogP contribution in [-0.4, -0.2) is 101 Å². The van der Waals surface area contributed by atoms with Crippen LogP contribution in [0.25, 0.3) is 0 Å². The molecule has 14 heteroatoms. The van der Waals surface area contributed by atoms with Gasteiger partial charge in [0.05, 0.1) is 29.6 Å². The van der Waals surface area contributed by atoms with E-state index < -0.39 is 113 Å². The number of esters is 5. The van der Waals surface area contributed by atoms with Crippen molar-refractivity contribution in [3.8, 4) is 0 Å². The number of hydrogen-bond acceptors (Lipinski definition) is 14. The van der Waals surface area contributed by atoms with E-state index in [1.807, 2.05) is 0 Å². The van der Waals surface area contributed by atoms with Crippen LogP contribution in [0.1, 0.15) is 96.0 Å².